The normalized spacial score (nSPS) is 12.3. The zero-order chi connectivity index (χ0) is 19.0. The average molecular weight is 377 g/mol. The molecule has 0 amide bonds. The molecule has 0 atom stereocenters. The number of thioether (sulfide) groups is 1. The summed E-state index contributed by atoms with van der Waals surface area (Å²) >= 11 is 1.26. The van der Waals surface area contributed by atoms with Gasteiger partial charge in [0.1, 0.15) is 0 Å². The lowest BCUT2D eigenvalue weighted by molar-refractivity contribution is -0.387. The Morgan fingerprint density at radius 1 is 1.00 bits per heavy atom. The number of nitro groups is 1. The van der Waals surface area contributed by atoms with Gasteiger partial charge in [-0.15, -0.1) is 11.8 Å². The Hall–Kier alpha value is -3.12. The third kappa shape index (κ3) is 2.98. The van der Waals surface area contributed by atoms with Crippen LogP contribution in [-0.4, -0.2) is 17.1 Å². The molecule has 0 radical (unpaired) electrons. The number of fused-ring (bicyclic) bond motifs is 3. The molecule has 5 nitrogen and oxygen atoms in total. The maximum Gasteiger partial charge on any atom is 0.339 e. The first kappa shape index (κ1) is 17.3. The molecule has 0 heterocycles. The molecule has 0 saturated carbocycles. The molecule has 6 heteroatoms. The zero-order valence-corrected chi connectivity index (χ0v) is 15.2. The summed E-state index contributed by atoms with van der Waals surface area (Å²) in [5.41, 5.74) is 3.99. The maximum atomic E-state index is 12.7. The van der Waals surface area contributed by atoms with Crippen molar-refractivity contribution in [1.82, 2.24) is 0 Å². The van der Waals surface area contributed by atoms with E-state index in [9.17, 15) is 14.9 Å². The van der Waals surface area contributed by atoms with Gasteiger partial charge in [-0.2, -0.15) is 0 Å². The van der Waals surface area contributed by atoms with Gasteiger partial charge in [-0.05, 0) is 29.5 Å². The van der Waals surface area contributed by atoms with Crippen molar-refractivity contribution < 1.29 is 14.5 Å². The Balaban J connectivity index is 1.70. The molecule has 0 fully saturated rings. The predicted octanol–water partition coefficient (Wildman–Crippen LogP) is 5.24. The summed E-state index contributed by atoms with van der Waals surface area (Å²) in [6.45, 7) is 0. The molecule has 0 aromatic heterocycles. The van der Waals surface area contributed by atoms with Crippen LogP contribution in [0.5, 0.6) is 0 Å². The molecule has 3 aromatic rings. The quantitative estimate of drug-likeness (QED) is 0.269. The summed E-state index contributed by atoms with van der Waals surface area (Å²) < 4.78 is 5.79. The Morgan fingerprint density at radius 3 is 2.15 bits per heavy atom. The molecule has 1 aliphatic rings. The monoisotopic (exact) mass is 377 g/mol. The molecule has 0 saturated heterocycles. The van der Waals surface area contributed by atoms with E-state index in [1.54, 1.807) is 18.4 Å². The van der Waals surface area contributed by atoms with E-state index in [2.05, 4.69) is 0 Å². The summed E-state index contributed by atoms with van der Waals surface area (Å²) in [4.78, 5) is 24.0. The number of carbonyl (C=O) groups is 1. The van der Waals surface area contributed by atoms with Crippen molar-refractivity contribution in [2.75, 3.05) is 6.26 Å². The van der Waals surface area contributed by atoms with Crippen molar-refractivity contribution in [2.24, 2.45) is 0 Å². The number of hydrogen-bond donors (Lipinski definition) is 0. The van der Waals surface area contributed by atoms with Crippen molar-refractivity contribution in [1.29, 1.82) is 0 Å². The first-order valence-electron chi connectivity index (χ1n) is 8.32. The van der Waals surface area contributed by atoms with E-state index in [4.69, 9.17) is 4.74 Å². The van der Waals surface area contributed by atoms with E-state index in [0.29, 0.717) is 4.90 Å². The molecule has 0 aliphatic heterocycles. The number of esters is 1. The predicted molar refractivity (Wildman–Crippen MR) is 104 cm³/mol. The SMILES string of the molecule is CSc1ccc(C(=O)OC2c3ccccc3-c3ccccc32)cc1[N+](=O)[O-]. The minimum Gasteiger partial charge on any atom is -0.449 e. The van der Waals surface area contributed by atoms with Crippen molar-refractivity contribution in [2.45, 2.75) is 11.0 Å². The van der Waals surface area contributed by atoms with Crippen LogP contribution < -0.4 is 0 Å². The lowest BCUT2D eigenvalue weighted by Crippen LogP contribution is -2.11. The van der Waals surface area contributed by atoms with Gasteiger partial charge in [-0.3, -0.25) is 10.1 Å². The average Bonchev–Trinajstić information content (AvgIpc) is 3.01. The summed E-state index contributed by atoms with van der Waals surface area (Å²) in [7, 11) is 0. The Bertz CT molecular complexity index is 1020. The van der Waals surface area contributed by atoms with Crippen LogP contribution in [-0.2, 0) is 4.74 Å². The molecule has 134 valence electrons. The van der Waals surface area contributed by atoms with Crippen LogP contribution in [0.25, 0.3) is 11.1 Å². The number of nitrogens with zero attached hydrogens (tertiary/aromatic N) is 1. The van der Waals surface area contributed by atoms with Crippen LogP contribution >= 0.6 is 11.8 Å². The highest BCUT2D eigenvalue weighted by Crippen LogP contribution is 2.45. The highest BCUT2D eigenvalue weighted by molar-refractivity contribution is 7.98. The van der Waals surface area contributed by atoms with Gasteiger partial charge in [-0.25, -0.2) is 4.79 Å². The number of nitro benzene ring substituents is 1. The van der Waals surface area contributed by atoms with Crippen molar-refractivity contribution in [3.8, 4) is 11.1 Å². The number of hydrogen-bond acceptors (Lipinski definition) is 5. The molecule has 0 unspecified atom stereocenters. The van der Waals surface area contributed by atoms with Gasteiger partial charge in [0.25, 0.3) is 5.69 Å². The largest absolute Gasteiger partial charge is 0.449 e. The molecular weight excluding hydrogens is 362 g/mol. The fraction of sp³-hybridized carbons (Fsp3) is 0.0952. The fourth-order valence-corrected chi connectivity index (χ4v) is 3.92. The summed E-state index contributed by atoms with van der Waals surface area (Å²) in [5.74, 6) is -0.581. The topological polar surface area (TPSA) is 69.4 Å². The first-order valence-corrected chi connectivity index (χ1v) is 9.54. The Kier molecular flexibility index (Phi) is 4.41. The van der Waals surface area contributed by atoms with Gasteiger partial charge in [-0.1, -0.05) is 48.5 Å². The van der Waals surface area contributed by atoms with Crippen LogP contribution in [0.15, 0.2) is 71.6 Å². The Labute approximate surface area is 160 Å². The van der Waals surface area contributed by atoms with E-state index < -0.39 is 17.0 Å². The minimum atomic E-state index is -0.581. The summed E-state index contributed by atoms with van der Waals surface area (Å²) in [6, 6.07) is 20.0. The van der Waals surface area contributed by atoms with Crippen molar-refractivity contribution in [3.63, 3.8) is 0 Å². The van der Waals surface area contributed by atoms with Gasteiger partial charge in [0.05, 0.1) is 15.4 Å². The second-order valence-corrected chi connectivity index (χ2v) is 6.95. The van der Waals surface area contributed by atoms with Crippen LogP contribution in [0.1, 0.15) is 27.6 Å². The molecule has 1 aliphatic carbocycles. The molecule has 0 bridgehead atoms. The third-order valence-corrected chi connectivity index (χ3v) is 5.40. The molecule has 4 rings (SSSR count). The molecule has 0 N–H and O–H groups in total. The van der Waals surface area contributed by atoms with Gasteiger partial charge < -0.3 is 4.74 Å². The summed E-state index contributed by atoms with van der Waals surface area (Å²) in [6.07, 6.45) is 1.23. The molecule has 3 aromatic carbocycles. The highest BCUT2D eigenvalue weighted by Gasteiger charge is 2.31. The van der Waals surface area contributed by atoms with Gasteiger partial charge >= 0.3 is 5.97 Å². The van der Waals surface area contributed by atoms with E-state index in [1.807, 2.05) is 48.5 Å². The molecule has 0 spiro atoms. The molecule has 27 heavy (non-hydrogen) atoms. The summed E-state index contributed by atoms with van der Waals surface area (Å²) in [5, 5.41) is 11.3. The molecular formula is C21H15NO4S. The highest BCUT2D eigenvalue weighted by atomic mass is 32.2. The standard InChI is InChI=1S/C21H15NO4S/c1-27-19-11-10-13(12-18(19)22(24)25)21(23)26-20-16-8-4-2-6-14(16)15-7-3-5-9-17(15)20/h2-12,20H,1H3. The van der Waals surface area contributed by atoms with Crippen LogP contribution in [0.2, 0.25) is 0 Å². The number of rotatable bonds is 4. The van der Waals surface area contributed by atoms with Crippen molar-refractivity contribution >= 4 is 23.4 Å². The maximum absolute atomic E-state index is 12.7. The zero-order valence-electron chi connectivity index (χ0n) is 14.4. The number of benzene rings is 3. The first-order chi connectivity index (χ1) is 13.1. The van der Waals surface area contributed by atoms with E-state index in [-0.39, 0.29) is 11.3 Å². The van der Waals surface area contributed by atoms with E-state index >= 15 is 0 Å². The minimum absolute atomic E-state index is 0.0934. The number of carbonyl (C=O) groups excluding carboxylic acids is 1. The second-order valence-electron chi connectivity index (χ2n) is 6.10. The van der Waals surface area contributed by atoms with Crippen molar-refractivity contribution in [3.05, 3.63) is 93.5 Å². The lowest BCUT2D eigenvalue weighted by atomic mass is 10.1. The number of ether oxygens (including phenoxy) is 1. The lowest BCUT2D eigenvalue weighted by Gasteiger charge is -2.15. The van der Waals surface area contributed by atoms with Crippen LogP contribution in [0, 0.1) is 10.1 Å². The van der Waals surface area contributed by atoms with E-state index in [1.165, 1.54) is 17.8 Å². The van der Waals surface area contributed by atoms with Gasteiger partial charge in [0.15, 0.2) is 6.10 Å². The van der Waals surface area contributed by atoms with Gasteiger partial charge in [0, 0.05) is 17.2 Å². The third-order valence-electron chi connectivity index (χ3n) is 4.61. The smallest absolute Gasteiger partial charge is 0.339 e. The van der Waals surface area contributed by atoms with Gasteiger partial charge in [0.2, 0.25) is 0 Å². The Morgan fingerprint density at radius 2 is 1.59 bits per heavy atom. The van der Waals surface area contributed by atoms with E-state index in [0.717, 1.165) is 22.3 Å². The fourth-order valence-electron chi connectivity index (χ4n) is 3.37. The second kappa shape index (κ2) is 6.89. The van der Waals surface area contributed by atoms with Crippen LogP contribution in [0.4, 0.5) is 5.69 Å². The van der Waals surface area contributed by atoms with Crippen LogP contribution in [0.3, 0.4) is 0 Å².